The van der Waals surface area contributed by atoms with E-state index in [0.29, 0.717) is 12.2 Å². The van der Waals surface area contributed by atoms with Gasteiger partial charge in [-0.25, -0.2) is 9.29 Å². The quantitative estimate of drug-likeness (QED) is 0.408. The number of hydrogen-bond acceptors (Lipinski definition) is 6. The van der Waals surface area contributed by atoms with E-state index in [4.69, 9.17) is 21.4 Å². The van der Waals surface area contributed by atoms with Crippen molar-refractivity contribution in [3.8, 4) is 5.75 Å². The molecular weight excluding hydrogens is 551 g/mol. The van der Waals surface area contributed by atoms with Gasteiger partial charge in [0.1, 0.15) is 18.2 Å². The predicted octanol–water partition coefficient (Wildman–Crippen LogP) is 4.10. The van der Waals surface area contributed by atoms with E-state index in [9.17, 15) is 23.6 Å². The van der Waals surface area contributed by atoms with Gasteiger partial charge in [-0.05, 0) is 68.5 Å². The first-order valence-electron chi connectivity index (χ1n) is 13.9. The zero-order valence-corrected chi connectivity index (χ0v) is 23.4. The maximum atomic E-state index is 14.3. The van der Waals surface area contributed by atoms with Crippen molar-refractivity contribution in [2.45, 2.75) is 32.6 Å². The van der Waals surface area contributed by atoms with Gasteiger partial charge in [0.25, 0.3) is 0 Å². The molecule has 2 aliphatic heterocycles. The van der Waals surface area contributed by atoms with Gasteiger partial charge in [-0.2, -0.15) is 0 Å². The second-order valence-electron chi connectivity index (χ2n) is 11.3. The average Bonchev–Trinajstić information content (AvgIpc) is 3.33. The largest absolute Gasteiger partial charge is 0.491 e. The molecule has 4 amide bonds. The molecule has 0 spiro atoms. The van der Waals surface area contributed by atoms with E-state index in [2.05, 4.69) is 0 Å². The Morgan fingerprint density at radius 1 is 1.05 bits per heavy atom. The monoisotopic (exact) mass is 580 g/mol. The van der Waals surface area contributed by atoms with Gasteiger partial charge in [0.05, 0.1) is 40.5 Å². The molecule has 2 heterocycles. The number of likely N-dealkylation sites (tertiary alicyclic amines) is 1. The highest BCUT2D eigenvalue weighted by Gasteiger charge is 2.67. The van der Waals surface area contributed by atoms with Crippen molar-refractivity contribution in [1.82, 2.24) is 4.90 Å². The van der Waals surface area contributed by atoms with Gasteiger partial charge < -0.3 is 9.84 Å². The summed E-state index contributed by atoms with van der Waals surface area (Å²) in [6.45, 7) is 3.83. The lowest BCUT2D eigenvalue weighted by Crippen LogP contribution is -2.48. The molecule has 4 aliphatic rings. The van der Waals surface area contributed by atoms with Crippen LogP contribution in [0.1, 0.15) is 38.2 Å². The normalized spacial score (nSPS) is 30.8. The standard InChI is InChI=1S/C31H30ClFN2O6/c1-3-34-27(37)20-10-9-19-21(25(20)29(34)39)15-22-28(38)35(17-6-11-24(33)23(32)14-17)30(40)31(22,2)26(19)16-4-7-18(8-5-16)41-13-12-36/h4-9,11,14,20-22,25-26,36H,3,10,12-13,15H2,1-2H3. The number of carbonyl (C=O) groups excluding carboxylic acids is 4. The molecule has 0 aromatic heterocycles. The van der Waals surface area contributed by atoms with Crippen molar-refractivity contribution >= 4 is 40.9 Å². The number of rotatable bonds is 6. The fourth-order valence-corrected chi connectivity index (χ4v) is 7.74. The Morgan fingerprint density at radius 2 is 1.78 bits per heavy atom. The number of aliphatic hydroxyl groups is 1. The van der Waals surface area contributed by atoms with Crippen molar-refractivity contribution in [2.24, 2.45) is 29.1 Å². The number of carbonyl (C=O) groups is 4. The van der Waals surface area contributed by atoms with Crippen LogP contribution < -0.4 is 9.64 Å². The molecule has 0 bridgehead atoms. The van der Waals surface area contributed by atoms with Gasteiger partial charge in [-0.1, -0.05) is 35.4 Å². The molecule has 2 aliphatic carbocycles. The van der Waals surface area contributed by atoms with Crippen LogP contribution >= 0.6 is 11.6 Å². The van der Waals surface area contributed by atoms with Crippen LogP contribution in [0.2, 0.25) is 5.02 Å². The number of fused-ring (bicyclic) bond motifs is 4. The summed E-state index contributed by atoms with van der Waals surface area (Å²) in [5.74, 6) is -4.23. The molecule has 2 aromatic carbocycles. The number of benzene rings is 2. The Balaban J connectivity index is 1.48. The van der Waals surface area contributed by atoms with E-state index in [-0.39, 0.29) is 48.7 Å². The highest BCUT2D eigenvalue weighted by molar-refractivity contribution is 6.31. The summed E-state index contributed by atoms with van der Waals surface area (Å²) in [7, 11) is 0. The van der Waals surface area contributed by atoms with Crippen LogP contribution in [0.15, 0.2) is 54.1 Å². The number of hydrogen-bond donors (Lipinski definition) is 1. The minimum Gasteiger partial charge on any atom is -0.491 e. The molecule has 6 rings (SSSR count). The van der Waals surface area contributed by atoms with Gasteiger partial charge in [0.2, 0.25) is 23.6 Å². The van der Waals surface area contributed by atoms with Crippen LogP contribution in [0.4, 0.5) is 10.1 Å². The second kappa shape index (κ2) is 10.1. The van der Waals surface area contributed by atoms with Crippen molar-refractivity contribution in [3.05, 3.63) is 70.5 Å². The van der Waals surface area contributed by atoms with Gasteiger partial charge in [-0.3, -0.25) is 24.1 Å². The number of allylic oxidation sites excluding steroid dienone is 2. The summed E-state index contributed by atoms with van der Waals surface area (Å²) in [5.41, 5.74) is 0.630. The molecule has 2 aromatic rings. The fourth-order valence-electron chi connectivity index (χ4n) is 7.56. The van der Waals surface area contributed by atoms with Gasteiger partial charge in [-0.15, -0.1) is 0 Å². The number of ether oxygens (including phenoxy) is 1. The number of amides is 4. The lowest BCUT2D eigenvalue weighted by atomic mass is 9.51. The Hall–Kier alpha value is -3.56. The van der Waals surface area contributed by atoms with E-state index in [1.807, 2.05) is 18.2 Å². The first-order valence-corrected chi connectivity index (χ1v) is 14.2. The van der Waals surface area contributed by atoms with Gasteiger partial charge in [0.15, 0.2) is 0 Å². The van der Waals surface area contributed by atoms with Crippen LogP contribution in [0.5, 0.6) is 5.75 Å². The van der Waals surface area contributed by atoms with E-state index in [1.54, 1.807) is 26.0 Å². The highest BCUT2D eigenvalue weighted by Crippen LogP contribution is 2.63. The number of halogens is 2. The maximum Gasteiger partial charge on any atom is 0.241 e. The van der Waals surface area contributed by atoms with Crippen LogP contribution in [-0.2, 0) is 19.2 Å². The highest BCUT2D eigenvalue weighted by atomic mass is 35.5. The molecule has 6 atom stereocenters. The summed E-state index contributed by atoms with van der Waals surface area (Å²) in [6.07, 6.45) is 2.61. The third-order valence-electron chi connectivity index (χ3n) is 9.42. The van der Waals surface area contributed by atoms with Crippen LogP contribution in [0.3, 0.4) is 0 Å². The van der Waals surface area contributed by atoms with Crippen molar-refractivity contribution in [3.63, 3.8) is 0 Å². The third kappa shape index (κ3) is 3.96. The van der Waals surface area contributed by atoms with E-state index in [1.165, 1.54) is 17.0 Å². The minimum absolute atomic E-state index is 0.130. The molecule has 2 saturated heterocycles. The summed E-state index contributed by atoms with van der Waals surface area (Å²) in [4.78, 5) is 57.4. The molecule has 0 radical (unpaired) electrons. The molecule has 1 saturated carbocycles. The lowest BCUT2D eigenvalue weighted by Gasteiger charge is -2.49. The second-order valence-corrected chi connectivity index (χ2v) is 11.7. The first-order chi connectivity index (χ1) is 19.6. The van der Waals surface area contributed by atoms with E-state index < -0.39 is 52.6 Å². The van der Waals surface area contributed by atoms with Crippen LogP contribution in [0, 0.1) is 34.9 Å². The first kappa shape index (κ1) is 27.6. The molecular formula is C31H30ClFN2O6. The molecule has 41 heavy (non-hydrogen) atoms. The smallest absolute Gasteiger partial charge is 0.241 e. The van der Waals surface area contributed by atoms with Crippen molar-refractivity contribution < 1.29 is 33.4 Å². The van der Waals surface area contributed by atoms with Crippen molar-refractivity contribution in [1.29, 1.82) is 0 Å². The summed E-state index contributed by atoms with van der Waals surface area (Å²) < 4.78 is 19.5. The Labute approximate surface area is 241 Å². The zero-order chi connectivity index (χ0) is 29.2. The SMILES string of the molecule is CCN1C(=O)C2CC=C3C(CC4C(=O)N(c5ccc(F)c(Cl)c5)C(=O)C4(C)C3c3ccc(OCCO)cc3)C2C1=O. The van der Waals surface area contributed by atoms with Gasteiger partial charge >= 0.3 is 0 Å². The Kier molecular flexibility index (Phi) is 6.77. The molecule has 10 heteroatoms. The third-order valence-corrected chi connectivity index (χ3v) is 9.71. The molecule has 1 N–H and O–H groups in total. The average molecular weight is 581 g/mol. The Morgan fingerprint density at radius 3 is 2.44 bits per heavy atom. The Bertz CT molecular complexity index is 1490. The number of nitrogens with zero attached hydrogens (tertiary/aromatic N) is 2. The molecule has 6 unspecified atom stereocenters. The fraction of sp³-hybridized carbons (Fsp3) is 0.419. The topological polar surface area (TPSA) is 104 Å². The van der Waals surface area contributed by atoms with E-state index in [0.717, 1.165) is 22.1 Å². The minimum atomic E-state index is -1.21. The summed E-state index contributed by atoms with van der Waals surface area (Å²) in [6, 6.07) is 10.9. The number of imide groups is 2. The molecule has 214 valence electrons. The van der Waals surface area contributed by atoms with Crippen LogP contribution in [0.25, 0.3) is 0 Å². The predicted molar refractivity (Wildman–Crippen MR) is 147 cm³/mol. The zero-order valence-electron chi connectivity index (χ0n) is 22.7. The number of anilines is 1. The number of aliphatic hydroxyl groups excluding tert-OH is 1. The van der Waals surface area contributed by atoms with Gasteiger partial charge in [0, 0.05) is 12.5 Å². The van der Waals surface area contributed by atoms with E-state index >= 15 is 0 Å². The van der Waals surface area contributed by atoms with Crippen molar-refractivity contribution in [2.75, 3.05) is 24.7 Å². The lowest BCUT2D eigenvalue weighted by molar-refractivity contribution is -0.140. The molecule has 8 nitrogen and oxygen atoms in total. The summed E-state index contributed by atoms with van der Waals surface area (Å²) >= 11 is 6.03. The maximum absolute atomic E-state index is 14.3. The molecule has 3 fully saturated rings. The summed E-state index contributed by atoms with van der Waals surface area (Å²) in [5, 5.41) is 8.92. The van der Waals surface area contributed by atoms with Crippen LogP contribution in [-0.4, -0.2) is 53.4 Å².